The van der Waals surface area contributed by atoms with Gasteiger partial charge in [0.2, 0.25) is 16.4 Å². The van der Waals surface area contributed by atoms with Crippen LogP contribution in [0.3, 0.4) is 0 Å². The van der Waals surface area contributed by atoms with Gasteiger partial charge < -0.3 is 9.64 Å². The Morgan fingerprint density at radius 2 is 1.48 bits per heavy atom. The van der Waals surface area contributed by atoms with Crippen LogP contribution in [0.5, 0.6) is 0 Å². The molecule has 1 aromatic carbocycles. The average Bonchev–Trinajstić information content (AvgIpc) is 2.68. The zero-order valence-electron chi connectivity index (χ0n) is 15.0. The van der Waals surface area contributed by atoms with Crippen LogP contribution in [0.2, 0.25) is 0 Å². The lowest BCUT2D eigenvalue weighted by molar-refractivity contribution is -0.119. The number of sulfonamides is 1. The third-order valence-corrected chi connectivity index (χ3v) is 8.85. The lowest BCUT2D eigenvalue weighted by Crippen LogP contribution is -2.47. The van der Waals surface area contributed by atoms with Crippen LogP contribution in [-0.2, 0) is 29.4 Å². The number of piperazine rings is 1. The van der Waals surface area contributed by atoms with Gasteiger partial charge in [0, 0.05) is 39.4 Å². The summed E-state index contributed by atoms with van der Waals surface area (Å²) < 4.78 is 57.2. The summed E-state index contributed by atoms with van der Waals surface area (Å²) in [6.07, 6.45) is 2.15. The molecule has 2 aliphatic heterocycles. The first-order valence-electron chi connectivity index (χ1n) is 8.93. The largest absolute Gasteiger partial charge is 0.381 e. The van der Waals surface area contributed by atoms with E-state index in [2.05, 4.69) is 0 Å². The van der Waals surface area contributed by atoms with Crippen LogP contribution < -0.4 is 0 Å². The van der Waals surface area contributed by atoms with E-state index in [1.807, 2.05) is 0 Å². The molecule has 0 aliphatic carbocycles. The zero-order valence-corrected chi connectivity index (χ0v) is 16.6. The summed E-state index contributed by atoms with van der Waals surface area (Å²) in [6.45, 7) is 2.31. The molecule has 2 heterocycles. The molecule has 1 amide bonds. The van der Waals surface area contributed by atoms with E-state index in [0.717, 1.165) is 12.8 Å². The number of carbonyl (C=O) groups excluding carboxylic acids is 1. The Hall–Kier alpha value is -1.49. The van der Waals surface area contributed by atoms with Crippen LogP contribution in [0, 0.1) is 5.92 Å². The van der Waals surface area contributed by atoms with Gasteiger partial charge in [-0.2, -0.15) is 4.31 Å². The number of rotatable bonds is 6. The van der Waals surface area contributed by atoms with Gasteiger partial charge in [-0.15, -0.1) is 0 Å². The van der Waals surface area contributed by atoms with E-state index in [0.29, 0.717) is 32.7 Å². The second-order valence-corrected chi connectivity index (χ2v) is 10.8. The third kappa shape index (κ3) is 4.68. The monoisotopic (exact) mass is 416 g/mol. The fourth-order valence-corrected chi connectivity index (χ4v) is 6.46. The summed E-state index contributed by atoms with van der Waals surface area (Å²) in [5, 5.41) is 0. The molecule has 2 saturated heterocycles. The Balaban J connectivity index is 1.71. The summed E-state index contributed by atoms with van der Waals surface area (Å²) in [5.41, 5.74) is 0. The van der Waals surface area contributed by atoms with Crippen molar-refractivity contribution in [2.24, 2.45) is 5.92 Å². The molecule has 0 N–H and O–H groups in total. The molecule has 0 bridgehead atoms. The van der Waals surface area contributed by atoms with Crippen LogP contribution in [0.25, 0.3) is 0 Å². The van der Waals surface area contributed by atoms with Gasteiger partial charge in [-0.1, -0.05) is 0 Å². The van der Waals surface area contributed by atoms with Crippen molar-refractivity contribution < 1.29 is 26.4 Å². The molecular weight excluding hydrogens is 392 g/mol. The number of sulfone groups is 1. The van der Waals surface area contributed by atoms with Crippen molar-refractivity contribution in [2.75, 3.05) is 45.1 Å². The number of nitrogens with zero attached hydrogens (tertiary/aromatic N) is 2. The minimum absolute atomic E-state index is 0.0517. The van der Waals surface area contributed by atoms with Crippen molar-refractivity contribution in [1.82, 2.24) is 9.21 Å². The van der Waals surface area contributed by atoms with Gasteiger partial charge in [0.05, 0.1) is 15.5 Å². The van der Waals surface area contributed by atoms with E-state index in [1.165, 1.54) is 33.5 Å². The number of hydrogen-bond acceptors (Lipinski definition) is 6. The second-order valence-electron chi connectivity index (χ2n) is 6.85. The highest BCUT2D eigenvalue weighted by molar-refractivity contribution is 7.91. The molecule has 3 rings (SSSR count). The highest BCUT2D eigenvalue weighted by Gasteiger charge is 2.29. The Bertz CT molecular complexity index is 853. The van der Waals surface area contributed by atoms with Gasteiger partial charge in [0.1, 0.15) is 0 Å². The summed E-state index contributed by atoms with van der Waals surface area (Å²) in [5.74, 6) is 0.122. The smallest absolute Gasteiger partial charge is 0.243 e. The summed E-state index contributed by atoms with van der Waals surface area (Å²) in [4.78, 5) is 12.5. The van der Waals surface area contributed by atoms with Crippen molar-refractivity contribution in [3.05, 3.63) is 24.3 Å². The van der Waals surface area contributed by atoms with Crippen LogP contribution in [-0.4, -0.2) is 77.6 Å². The van der Waals surface area contributed by atoms with Gasteiger partial charge in [0.25, 0.3) is 0 Å². The van der Waals surface area contributed by atoms with Crippen molar-refractivity contribution in [3.63, 3.8) is 0 Å². The van der Waals surface area contributed by atoms with Crippen molar-refractivity contribution in [1.29, 1.82) is 0 Å². The molecule has 8 nitrogen and oxygen atoms in total. The minimum Gasteiger partial charge on any atom is -0.381 e. The summed E-state index contributed by atoms with van der Waals surface area (Å²) >= 11 is 0. The van der Waals surface area contributed by atoms with Crippen LogP contribution in [0.15, 0.2) is 34.1 Å². The van der Waals surface area contributed by atoms with Gasteiger partial charge in [-0.05, 0) is 43.0 Å². The van der Waals surface area contributed by atoms with Crippen molar-refractivity contribution >= 4 is 26.3 Å². The molecule has 2 fully saturated rings. The molecule has 0 spiro atoms. The minimum atomic E-state index is -3.70. The van der Waals surface area contributed by atoms with Crippen molar-refractivity contribution in [3.8, 4) is 0 Å². The Morgan fingerprint density at radius 3 is 2.04 bits per heavy atom. The van der Waals surface area contributed by atoms with E-state index >= 15 is 0 Å². The van der Waals surface area contributed by atoms with Crippen LogP contribution >= 0.6 is 0 Å². The Labute approximate surface area is 160 Å². The van der Waals surface area contributed by atoms with Crippen LogP contribution in [0.4, 0.5) is 0 Å². The highest BCUT2D eigenvalue weighted by Crippen LogP contribution is 2.24. The third-order valence-electron chi connectivity index (χ3n) is 5.04. The maximum atomic E-state index is 12.7. The fourth-order valence-electron chi connectivity index (χ4n) is 3.34. The van der Waals surface area contributed by atoms with Gasteiger partial charge >= 0.3 is 0 Å². The number of amides is 1. The lowest BCUT2D eigenvalue weighted by Gasteiger charge is -2.31. The number of hydrogen-bond donors (Lipinski definition) is 0. The van der Waals surface area contributed by atoms with E-state index in [4.69, 9.17) is 4.74 Å². The number of benzene rings is 1. The average molecular weight is 417 g/mol. The SMILES string of the molecule is O=CN1CCN(S(=O)(=O)c2ccc(S(=O)(=O)CC3CCOCC3)cc2)CC1. The maximum absolute atomic E-state index is 12.7. The molecule has 0 saturated carbocycles. The molecular formula is C17H24N2O6S2. The summed E-state index contributed by atoms with van der Waals surface area (Å²) in [7, 11) is -7.17. The predicted octanol–water partition coefficient (Wildman–Crippen LogP) is 0.350. The number of ether oxygens (including phenoxy) is 1. The molecule has 27 heavy (non-hydrogen) atoms. The lowest BCUT2D eigenvalue weighted by atomic mass is 10.0. The molecule has 2 aliphatic rings. The first-order chi connectivity index (χ1) is 12.8. The maximum Gasteiger partial charge on any atom is 0.243 e. The molecule has 1 aromatic rings. The molecule has 10 heteroatoms. The summed E-state index contributed by atoms with van der Waals surface area (Å²) in [6, 6.07) is 5.42. The van der Waals surface area contributed by atoms with E-state index in [1.54, 1.807) is 0 Å². The topological polar surface area (TPSA) is 101 Å². The second kappa shape index (κ2) is 8.26. The molecule has 150 valence electrons. The van der Waals surface area contributed by atoms with Gasteiger partial charge in [-0.3, -0.25) is 4.79 Å². The Kier molecular flexibility index (Phi) is 6.19. The van der Waals surface area contributed by atoms with Gasteiger partial charge in [0.15, 0.2) is 9.84 Å². The van der Waals surface area contributed by atoms with Crippen molar-refractivity contribution in [2.45, 2.75) is 22.6 Å². The fraction of sp³-hybridized carbons (Fsp3) is 0.588. The predicted molar refractivity (Wildman–Crippen MR) is 98.4 cm³/mol. The van der Waals surface area contributed by atoms with Gasteiger partial charge in [-0.25, -0.2) is 16.8 Å². The molecule has 0 atom stereocenters. The van der Waals surface area contributed by atoms with E-state index in [-0.39, 0.29) is 34.6 Å². The highest BCUT2D eigenvalue weighted by atomic mass is 32.2. The quantitative estimate of drug-likeness (QED) is 0.620. The molecule has 0 radical (unpaired) electrons. The van der Waals surface area contributed by atoms with E-state index < -0.39 is 19.9 Å². The standard InChI is InChI=1S/C17H24N2O6S2/c20-14-18-7-9-19(10-8-18)27(23,24)17-3-1-16(2-4-17)26(21,22)13-15-5-11-25-12-6-15/h1-4,14-15H,5-13H2. The van der Waals surface area contributed by atoms with E-state index in [9.17, 15) is 21.6 Å². The van der Waals surface area contributed by atoms with Crippen LogP contribution in [0.1, 0.15) is 12.8 Å². The zero-order chi connectivity index (χ0) is 19.5. The number of carbonyl (C=O) groups is 1. The molecule has 0 aromatic heterocycles. The first-order valence-corrected chi connectivity index (χ1v) is 12.0. The first kappa shape index (κ1) is 20.2. The normalized spacial score (nSPS) is 20.5. The Morgan fingerprint density at radius 1 is 0.926 bits per heavy atom. The molecule has 0 unspecified atom stereocenters.